The number of carbonyl (C=O) groups excluding carboxylic acids is 2. The number of aromatic nitrogens is 1. The second kappa shape index (κ2) is 16.1. The number of nitrogens with zero attached hydrogens (tertiary/aromatic N) is 1. The van der Waals surface area contributed by atoms with E-state index in [1.54, 1.807) is 42.5 Å². The van der Waals surface area contributed by atoms with Crippen LogP contribution in [-0.4, -0.2) is 35.8 Å². The van der Waals surface area contributed by atoms with Gasteiger partial charge in [-0.25, -0.2) is 8.42 Å². The minimum Gasteiger partial charge on any atom is -0.412 e. The van der Waals surface area contributed by atoms with Crippen molar-refractivity contribution in [2.45, 2.75) is 25.2 Å². The van der Waals surface area contributed by atoms with Gasteiger partial charge < -0.3 is 21.5 Å². The zero-order chi connectivity index (χ0) is 26.1. The largest absolute Gasteiger partial charge is 0.412 e. The number of rotatable bonds is 5. The Morgan fingerprint density at radius 2 is 1.56 bits per heavy atom. The first kappa shape index (κ1) is 35.4. The van der Waals surface area contributed by atoms with Crippen molar-refractivity contribution in [3.63, 3.8) is 0 Å². The molecular weight excluding hydrogens is 546 g/mol. The van der Waals surface area contributed by atoms with Crippen molar-refractivity contribution < 1.29 is 28.0 Å². The number of hydrogen-bond donors (Lipinski definition) is 4. The van der Waals surface area contributed by atoms with Gasteiger partial charge in [-0.05, 0) is 18.2 Å². The first-order valence-corrected chi connectivity index (χ1v) is 12.6. The van der Waals surface area contributed by atoms with Gasteiger partial charge in [-0.15, -0.1) is 6.58 Å². The van der Waals surface area contributed by atoms with Crippen molar-refractivity contribution >= 4 is 57.2 Å². The highest BCUT2D eigenvalue weighted by Gasteiger charge is 2.26. The first-order chi connectivity index (χ1) is 15.8. The number of amides is 2. The van der Waals surface area contributed by atoms with E-state index in [4.69, 9.17) is 25.7 Å². The summed E-state index contributed by atoms with van der Waals surface area (Å²) in [7, 11) is -3.43. The quantitative estimate of drug-likeness (QED) is 0.241. The third-order valence-electron chi connectivity index (χ3n) is 4.16. The van der Waals surface area contributed by atoms with Crippen LogP contribution in [0.3, 0.4) is 0 Å². The van der Waals surface area contributed by atoms with Gasteiger partial charge in [-0.2, -0.15) is 0 Å². The molecule has 0 saturated heterocycles. The Morgan fingerprint density at radius 3 is 2.00 bits per heavy atom. The van der Waals surface area contributed by atoms with Crippen LogP contribution in [0.15, 0.2) is 70.6 Å². The molecule has 9 nitrogen and oxygen atoms in total. The van der Waals surface area contributed by atoms with Gasteiger partial charge in [0.1, 0.15) is 5.69 Å². The number of halogens is 1. The minimum atomic E-state index is -3.43. The zero-order valence-corrected chi connectivity index (χ0v) is 22.2. The van der Waals surface area contributed by atoms with E-state index in [1.165, 1.54) is 6.26 Å². The Balaban J connectivity index is 0. The molecule has 1 unspecified atom stereocenters. The van der Waals surface area contributed by atoms with Gasteiger partial charge in [-0.3, -0.25) is 9.59 Å². The molecule has 3 rings (SSSR count). The number of sulfone groups is 1. The van der Waals surface area contributed by atoms with Crippen molar-refractivity contribution in [3.8, 4) is 22.4 Å². The number of primary amides is 2. The number of thiol groups is 2. The van der Waals surface area contributed by atoms with Crippen molar-refractivity contribution in [2.24, 2.45) is 11.5 Å². The summed E-state index contributed by atoms with van der Waals surface area (Å²) in [6, 6.07) is 14.0. The highest BCUT2D eigenvalue weighted by atomic mass is 35.5. The SMILES string of the molecule is C.C=CC(C)c1onc(-c2ccc(Cl)cc2)c1-c1ccccc1S(C)(=O)=O.NC(=O)S.NC(=O)S.O. The highest BCUT2D eigenvalue weighted by Crippen LogP contribution is 2.41. The summed E-state index contributed by atoms with van der Waals surface area (Å²) in [6.07, 6.45) is 2.93. The lowest BCUT2D eigenvalue weighted by Crippen LogP contribution is -2.01. The van der Waals surface area contributed by atoms with E-state index in [-0.39, 0.29) is 23.7 Å². The minimum absolute atomic E-state index is 0. The van der Waals surface area contributed by atoms with Gasteiger partial charge in [-0.1, -0.05) is 92.8 Å². The molecule has 0 radical (unpaired) electrons. The number of carbonyl (C=O) groups is 2. The van der Waals surface area contributed by atoms with Gasteiger partial charge in [0, 0.05) is 28.3 Å². The van der Waals surface area contributed by atoms with Crippen LogP contribution in [0.5, 0.6) is 0 Å². The monoisotopic (exact) mass is 575 g/mol. The molecule has 0 aliphatic rings. The number of allylic oxidation sites excluding steroid dienone is 1. The standard InChI is InChI=1S/C20H18ClNO3S.2CH3NOS.CH4.H2O/c1-4-13(2)20-18(16-7-5-6-8-17(16)26(3,23)24)19(22-25-20)14-9-11-15(21)12-10-14;2*2-1(3)4;;/h4-13H,1H2,2-3H3;2*(H3,2,3,4);1H4;1H2. The van der Waals surface area contributed by atoms with E-state index in [0.717, 1.165) is 5.56 Å². The smallest absolute Gasteiger partial charge is 0.273 e. The third kappa shape index (κ3) is 10.9. The Morgan fingerprint density at radius 1 is 1.08 bits per heavy atom. The average molecular weight is 576 g/mol. The molecule has 3 aromatic rings. The molecule has 13 heteroatoms. The number of hydrogen-bond acceptors (Lipinski definition) is 6. The fourth-order valence-corrected chi connectivity index (χ4v) is 3.80. The van der Waals surface area contributed by atoms with Crippen LogP contribution < -0.4 is 11.5 Å². The zero-order valence-electron chi connectivity index (χ0n) is 18.8. The first-order valence-electron chi connectivity index (χ1n) is 9.43. The molecule has 0 fully saturated rings. The summed E-state index contributed by atoms with van der Waals surface area (Å²) in [4.78, 5) is 18.4. The molecular formula is C23H30ClN3O6S3. The topological polar surface area (TPSA) is 178 Å². The van der Waals surface area contributed by atoms with Crippen molar-refractivity contribution in [3.05, 3.63) is 72.0 Å². The van der Waals surface area contributed by atoms with E-state index in [9.17, 15) is 8.42 Å². The van der Waals surface area contributed by atoms with Crippen LogP contribution in [0.4, 0.5) is 9.59 Å². The molecule has 2 aromatic carbocycles. The molecule has 1 atom stereocenters. The predicted octanol–water partition coefficient (Wildman–Crippen LogP) is 5.16. The van der Waals surface area contributed by atoms with E-state index < -0.39 is 20.3 Å². The summed E-state index contributed by atoms with van der Waals surface area (Å²) < 4.78 is 30.2. The fourth-order valence-electron chi connectivity index (χ4n) is 2.78. The maximum Gasteiger partial charge on any atom is 0.273 e. The lowest BCUT2D eigenvalue weighted by molar-refractivity contribution is 0.266. The lowest BCUT2D eigenvalue weighted by atomic mass is 9.94. The lowest BCUT2D eigenvalue weighted by Gasteiger charge is -2.11. The van der Waals surface area contributed by atoms with Crippen LogP contribution in [0.25, 0.3) is 22.4 Å². The second-order valence-corrected chi connectivity index (χ2v) is 10.0. The summed E-state index contributed by atoms with van der Waals surface area (Å²) >= 11 is 12.2. The Hall–Kier alpha value is -2.77. The van der Waals surface area contributed by atoms with Crippen molar-refractivity contribution in [2.75, 3.05) is 6.26 Å². The van der Waals surface area contributed by atoms with Crippen molar-refractivity contribution in [1.29, 1.82) is 0 Å². The van der Waals surface area contributed by atoms with Crippen LogP contribution in [0, 0.1) is 0 Å². The molecule has 198 valence electrons. The van der Waals surface area contributed by atoms with Gasteiger partial charge in [0.2, 0.25) is 0 Å². The second-order valence-electron chi connectivity index (χ2n) is 6.75. The maximum atomic E-state index is 12.3. The van der Waals surface area contributed by atoms with E-state index in [0.29, 0.717) is 27.6 Å². The number of benzene rings is 2. The van der Waals surface area contributed by atoms with E-state index in [2.05, 4.69) is 48.5 Å². The molecule has 36 heavy (non-hydrogen) atoms. The molecule has 0 bridgehead atoms. The Kier molecular flexibility index (Phi) is 15.8. The summed E-state index contributed by atoms with van der Waals surface area (Å²) in [5.41, 5.74) is 11.2. The Labute approximate surface area is 226 Å². The Bertz CT molecular complexity index is 1240. The molecule has 0 spiro atoms. The molecule has 6 N–H and O–H groups in total. The molecule has 0 saturated carbocycles. The average Bonchev–Trinajstić information content (AvgIpc) is 3.17. The highest BCUT2D eigenvalue weighted by molar-refractivity contribution is 7.96. The van der Waals surface area contributed by atoms with E-state index in [1.807, 2.05) is 19.1 Å². The molecule has 1 heterocycles. The van der Waals surface area contributed by atoms with Gasteiger partial charge in [0.25, 0.3) is 10.5 Å². The van der Waals surface area contributed by atoms with Crippen LogP contribution in [0.2, 0.25) is 5.02 Å². The van der Waals surface area contributed by atoms with Crippen molar-refractivity contribution in [1.82, 2.24) is 5.16 Å². The summed E-state index contributed by atoms with van der Waals surface area (Å²) in [6.45, 7) is 5.74. The molecule has 2 amide bonds. The summed E-state index contributed by atoms with van der Waals surface area (Å²) in [5.74, 6) is 0.437. The van der Waals surface area contributed by atoms with E-state index >= 15 is 0 Å². The van der Waals surface area contributed by atoms with Crippen LogP contribution in [0.1, 0.15) is 26.0 Å². The molecule has 0 aliphatic heterocycles. The molecule has 1 aromatic heterocycles. The third-order valence-corrected chi connectivity index (χ3v) is 5.57. The van der Waals surface area contributed by atoms with Gasteiger partial charge in [0.05, 0.1) is 10.5 Å². The fraction of sp³-hybridized carbons (Fsp3) is 0.174. The predicted molar refractivity (Wildman–Crippen MR) is 152 cm³/mol. The molecule has 0 aliphatic carbocycles. The van der Waals surface area contributed by atoms with Crippen LogP contribution in [-0.2, 0) is 9.84 Å². The summed E-state index contributed by atoms with van der Waals surface area (Å²) in [5, 5.41) is 3.55. The van der Waals surface area contributed by atoms with Gasteiger partial charge >= 0.3 is 0 Å². The normalized spacial score (nSPS) is 10.6. The van der Waals surface area contributed by atoms with Gasteiger partial charge in [0.15, 0.2) is 15.6 Å². The maximum absolute atomic E-state index is 12.3. The van der Waals surface area contributed by atoms with Crippen LogP contribution >= 0.6 is 36.9 Å². The number of nitrogens with two attached hydrogens (primary N) is 2.